The summed E-state index contributed by atoms with van der Waals surface area (Å²) in [5.41, 5.74) is 0.993. The molecule has 0 amide bonds. The Labute approximate surface area is 103 Å². The minimum atomic E-state index is -0.359. The molecule has 0 aliphatic heterocycles. The maximum atomic E-state index is 10.8. The Kier molecular flexibility index (Phi) is 5.05. The largest absolute Gasteiger partial charge is 0.493 e. The molecule has 0 fully saturated rings. The predicted octanol–water partition coefficient (Wildman–Crippen LogP) is 3.03. The summed E-state index contributed by atoms with van der Waals surface area (Å²) in [6.45, 7) is 1.36. The van der Waals surface area contributed by atoms with Crippen LogP contribution in [0, 0.1) is 0 Å². The van der Waals surface area contributed by atoms with Crippen molar-refractivity contribution in [3.63, 3.8) is 0 Å². The van der Waals surface area contributed by atoms with E-state index in [-0.39, 0.29) is 5.97 Å². The molecule has 0 N–H and O–H groups in total. The van der Waals surface area contributed by atoms with Crippen molar-refractivity contribution in [3.8, 4) is 11.5 Å². The second-order valence-electron chi connectivity index (χ2n) is 3.06. The molecule has 0 aliphatic carbocycles. The van der Waals surface area contributed by atoms with E-state index in [2.05, 4.69) is 15.9 Å². The van der Waals surface area contributed by atoms with E-state index in [1.54, 1.807) is 13.2 Å². The van der Waals surface area contributed by atoms with Gasteiger partial charge in [0.15, 0.2) is 11.5 Å². The van der Waals surface area contributed by atoms with Crippen molar-refractivity contribution >= 4 is 28.0 Å². The molecule has 1 rings (SSSR count). The normalized spacial score (nSPS) is 10.4. The summed E-state index contributed by atoms with van der Waals surface area (Å²) in [5, 5.41) is 0.793. The zero-order chi connectivity index (χ0) is 12.0. The van der Waals surface area contributed by atoms with E-state index in [0.29, 0.717) is 11.5 Å². The minimum Gasteiger partial charge on any atom is -0.493 e. The van der Waals surface area contributed by atoms with Gasteiger partial charge in [0.1, 0.15) is 0 Å². The number of alkyl halides is 1. The topological polar surface area (TPSA) is 35.5 Å². The molecule has 0 spiro atoms. The fraction of sp³-hybridized carbons (Fsp3) is 0.250. The smallest absolute Gasteiger partial charge is 0.308 e. The maximum Gasteiger partial charge on any atom is 0.308 e. The number of benzene rings is 1. The highest BCUT2D eigenvalue weighted by Crippen LogP contribution is 2.28. The van der Waals surface area contributed by atoms with E-state index in [9.17, 15) is 4.79 Å². The number of halogens is 1. The molecular formula is C12H13BrO3. The highest BCUT2D eigenvalue weighted by molar-refractivity contribution is 9.09. The lowest BCUT2D eigenvalue weighted by molar-refractivity contribution is -0.132. The first-order chi connectivity index (χ1) is 7.67. The van der Waals surface area contributed by atoms with Crippen LogP contribution >= 0.6 is 15.9 Å². The van der Waals surface area contributed by atoms with E-state index in [1.807, 2.05) is 24.3 Å². The van der Waals surface area contributed by atoms with Gasteiger partial charge in [0.25, 0.3) is 0 Å². The summed E-state index contributed by atoms with van der Waals surface area (Å²) < 4.78 is 10.1. The second kappa shape index (κ2) is 6.33. The Hall–Kier alpha value is -1.29. The lowest BCUT2D eigenvalue weighted by atomic mass is 10.2. The van der Waals surface area contributed by atoms with Crippen molar-refractivity contribution in [2.24, 2.45) is 0 Å². The van der Waals surface area contributed by atoms with E-state index < -0.39 is 0 Å². The van der Waals surface area contributed by atoms with Crippen molar-refractivity contribution in [3.05, 3.63) is 29.8 Å². The number of hydrogen-bond acceptors (Lipinski definition) is 3. The monoisotopic (exact) mass is 284 g/mol. The van der Waals surface area contributed by atoms with Gasteiger partial charge in [-0.2, -0.15) is 0 Å². The number of esters is 1. The van der Waals surface area contributed by atoms with Gasteiger partial charge in [-0.05, 0) is 17.7 Å². The van der Waals surface area contributed by atoms with Crippen LogP contribution in [0.5, 0.6) is 11.5 Å². The molecule has 86 valence electrons. The molecule has 0 saturated heterocycles. The zero-order valence-corrected chi connectivity index (χ0v) is 10.8. The molecule has 0 bridgehead atoms. The Morgan fingerprint density at radius 3 is 2.75 bits per heavy atom. The maximum absolute atomic E-state index is 10.8. The first-order valence-corrected chi connectivity index (χ1v) is 5.88. The standard InChI is InChI=1S/C12H13BrO3/c1-9(14)16-11-6-5-10(4-3-7-13)8-12(11)15-2/h3-6,8H,7H2,1-2H3. The van der Waals surface area contributed by atoms with Gasteiger partial charge in [-0.25, -0.2) is 0 Å². The van der Waals surface area contributed by atoms with Crippen molar-refractivity contribution in [1.82, 2.24) is 0 Å². The molecule has 0 aromatic heterocycles. The predicted molar refractivity (Wildman–Crippen MR) is 67.1 cm³/mol. The van der Waals surface area contributed by atoms with E-state index in [0.717, 1.165) is 10.9 Å². The quantitative estimate of drug-likeness (QED) is 0.484. The third-order valence-corrected chi connectivity index (χ3v) is 2.21. The van der Waals surface area contributed by atoms with Gasteiger partial charge in [-0.1, -0.05) is 34.1 Å². The van der Waals surface area contributed by atoms with Crippen molar-refractivity contribution in [2.75, 3.05) is 12.4 Å². The van der Waals surface area contributed by atoms with Crippen LogP contribution in [0.3, 0.4) is 0 Å². The molecule has 1 aromatic rings. The Balaban J connectivity index is 2.96. The number of ether oxygens (including phenoxy) is 2. The Morgan fingerprint density at radius 1 is 1.44 bits per heavy atom. The molecule has 0 saturated carbocycles. The summed E-state index contributed by atoms with van der Waals surface area (Å²) >= 11 is 3.30. The number of carbonyl (C=O) groups excluding carboxylic acids is 1. The highest BCUT2D eigenvalue weighted by atomic mass is 79.9. The molecule has 3 nitrogen and oxygen atoms in total. The number of hydrogen-bond donors (Lipinski definition) is 0. The van der Waals surface area contributed by atoms with Gasteiger partial charge in [0.05, 0.1) is 7.11 Å². The molecule has 0 aliphatic rings. The second-order valence-corrected chi connectivity index (χ2v) is 3.71. The van der Waals surface area contributed by atoms with Crippen LogP contribution in [0.4, 0.5) is 0 Å². The molecular weight excluding hydrogens is 272 g/mol. The van der Waals surface area contributed by atoms with Gasteiger partial charge in [-0.15, -0.1) is 0 Å². The molecule has 0 unspecified atom stereocenters. The van der Waals surface area contributed by atoms with Crippen LogP contribution in [-0.4, -0.2) is 18.4 Å². The lowest BCUT2D eigenvalue weighted by Crippen LogP contribution is -2.02. The van der Waals surface area contributed by atoms with Crippen LogP contribution in [0.25, 0.3) is 6.08 Å². The summed E-state index contributed by atoms with van der Waals surface area (Å²) in [4.78, 5) is 10.8. The molecule has 0 heterocycles. The van der Waals surface area contributed by atoms with Gasteiger partial charge < -0.3 is 9.47 Å². The van der Waals surface area contributed by atoms with Crippen molar-refractivity contribution in [2.45, 2.75) is 6.92 Å². The summed E-state index contributed by atoms with van der Waals surface area (Å²) in [6, 6.07) is 5.39. The van der Waals surface area contributed by atoms with Crippen LogP contribution in [0.15, 0.2) is 24.3 Å². The highest BCUT2D eigenvalue weighted by Gasteiger charge is 2.06. The number of rotatable bonds is 4. The van der Waals surface area contributed by atoms with E-state index in [4.69, 9.17) is 9.47 Å². The third-order valence-electron chi connectivity index (χ3n) is 1.84. The molecule has 0 radical (unpaired) electrons. The number of methoxy groups -OCH3 is 1. The Bertz CT molecular complexity index is 399. The number of carbonyl (C=O) groups is 1. The first kappa shape index (κ1) is 12.8. The van der Waals surface area contributed by atoms with Gasteiger partial charge >= 0.3 is 5.97 Å². The van der Waals surface area contributed by atoms with Crippen LogP contribution in [0.1, 0.15) is 12.5 Å². The van der Waals surface area contributed by atoms with E-state index >= 15 is 0 Å². The molecule has 1 aromatic carbocycles. The molecule has 16 heavy (non-hydrogen) atoms. The van der Waals surface area contributed by atoms with Crippen LogP contribution in [-0.2, 0) is 4.79 Å². The van der Waals surface area contributed by atoms with Crippen molar-refractivity contribution in [1.29, 1.82) is 0 Å². The van der Waals surface area contributed by atoms with Crippen LogP contribution in [0.2, 0.25) is 0 Å². The summed E-state index contributed by atoms with van der Waals surface area (Å²) in [7, 11) is 1.54. The fourth-order valence-electron chi connectivity index (χ4n) is 1.21. The van der Waals surface area contributed by atoms with Gasteiger partial charge in [0, 0.05) is 12.3 Å². The summed E-state index contributed by atoms with van der Waals surface area (Å²) in [5.74, 6) is 0.625. The van der Waals surface area contributed by atoms with Crippen molar-refractivity contribution < 1.29 is 14.3 Å². The molecule has 0 atom stereocenters. The van der Waals surface area contributed by atoms with Crippen LogP contribution < -0.4 is 9.47 Å². The van der Waals surface area contributed by atoms with Gasteiger partial charge in [-0.3, -0.25) is 4.79 Å². The minimum absolute atomic E-state index is 0.359. The molecule has 4 heteroatoms. The lowest BCUT2D eigenvalue weighted by Gasteiger charge is -2.08. The average molecular weight is 285 g/mol. The van der Waals surface area contributed by atoms with E-state index in [1.165, 1.54) is 6.92 Å². The first-order valence-electron chi connectivity index (χ1n) is 4.76. The average Bonchev–Trinajstić information content (AvgIpc) is 2.27. The van der Waals surface area contributed by atoms with Gasteiger partial charge in [0.2, 0.25) is 0 Å². The fourth-order valence-corrected chi connectivity index (χ4v) is 1.39. The summed E-state index contributed by atoms with van der Waals surface area (Å²) in [6.07, 6.45) is 3.93. The number of allylic oxidation sites excluding steroid dienone is 1. The SMILES string of the molecule is COc1cc(C=CCBr)ccc1OC(C)=O. The zero-order valence-electron chi connectivity index (χ0n) is 9.20. The Morgan fingerprint density at radius 2 is 2.19 bits per heavy atom. The third kappa shape index (κ3) is 3.70.